The van der Waals surface area contributed by atoms with E-state index in [0.29, 0.717) is 18.8 Å². The molecular formula is C15H22N2O3. The van der Waals surface area contributed by atoms with Crippen LogP contribution in [0.15, 0.2) is 12.1 Å². The molecule has 1 aliphatic heterocycles. The first-order valence-electron chi connectivity index (χ1n) is 6.91. The van der Waals surface area contributed by atoms with Gasteiger partial charge in [0, 0.05) is 13.1 Å². The van der Waals surface area contributed by atoms with Crippen molar-refractivity contribution in [2.24, 2.45) is 0 Å². The lowest BCUT2D eigenvalue weighted by atomic mass is 9.98. The van der Waals surface area contributed by atoms with Gasteiger partial charge in [-0.05, 0) is 36.2 Å². The molecule has 1 amide bonds. The summed E-state index contributed by atoms with van der Waals surface area (Å²) in [5.74, 6) is 1.61. The number of benzene rings is 1. The molecule has 1 aliphatic rings. The number of likely N-dealkylation sites (N-methyl/N-ethyl adjacent to an activating group) is 1. The van der Waals surface area contributed by atoms with E-state index in [1.807, 2.05) is 24.0 Å². The lowest BCUT2D eigenvalue weighted by molar-refractivity contribution is -0.131. The minimum absolute atomic E-state index is 0.146. The van der Waals surface area contributed by atoms with Crippen molar-refractivity contribution in [2.45, 2.75) is 19.9 Å². The summed E-state index contributed by atoms with van der Waals surface area (Å²) in [6, 6.07) is 3.99. The second-order valence-corrected chi connectivity index (χ2v) is 4.82. The van der Waals surface area contributed by atoms with Crippen LogP contribution < -0.4 is 14.8 Å². The zero-order chi connectivity index (χ0) is 14.5. The fourth-order valence-corrected chi connectivity index (χ4v) is 2.44. The minimum Gasteiger partial charge on any atom is -0.493 e. The number of carbonyl (C=O) groups is 1. The highest BCUT2D eigenvalue weighted by Gasteiger charge is 2.22. The Kier molecular flexibility index (Phi) is 4.84. The topological polar surface area (TPSA) is 50.8 Å². The van der Waals surface area contributed by atoms with Crippen molar-refractivity contribution in [1.29, 1.82) is 0 Å². The third kappa shape index (κ3) is 3.04. The van der Waals surface area contributed by atoms with Crippen LogP contribution in [0, 0.1) is 0 Å². The molecule has 0 saturated carbocycles. The van der Waals surface area contributed by atoms with Gasteiger partial charge in [0.05, 0.1) is 20.8 Å². The van der Waals surface area contributed by atoms with Gasteiger partial charge in [-0.15, -0.1) is 0 Å². The summed E-state index contributed by atoms with van der Waals surface area (Å²) in [6.07, 6.45) is 0.855. The first kappa shape index (κ1) is 14.7. The highest BCUT2D eigenvalue weighted by atomic mass is 16.5. The maximum atomic E-state index is 12.1. The Bertz CT molecular complexity index is 488. The van der Waals surface area contributed by atoms with Crippen LogP contribution in [0.1, 0.15) is 18.1 Å². The number of amides is 1. The lowest BCUT2D eigenvalue weighted by Crippen LogP contribution is -2.41. The van der Waals surface area contributed by atoms with Crippen LogP contribution in [-0.2, 0) is 17.8 Å². The molecule has 110 valence electrons. The van der Waals surface area contributed by atoms with Crippen molar-refractivity contribution in [1.82, 2.24) is 10.2 Å². The zero-order valence-corrected chi connectivity index (χ0v) is 12.4. The number of fused-ring (bicyclic) bond motifs is 1. The maximum Gasteiger partial charge on any atom is 0.236 e. The molecule has 0 radical (unpaired) electrons. The van der Waals surface area contributed by atoms with E-state index in [-0.39, 0.29) is 5.91 Å². The van der Waals surface area contributed by atoms with Crippen molar-refractivity contribution in [3.05, 3.63) is 23.3 Å². The van der Waals surface area contributed by atoms with Crippen molar-refractivity contribution in [2.75, 3.05) is 33.9 Å². The third-order valence-electron chi connectivity index (χ3n) is 3.60. The van der Waals surface area contributed by atoms with Crippen LogP contribution in [0.4, 0.5) is 0 Å². The molecule has 20 heavy (non-hydrogen) atoms. The maximum absolute atomic E-state index is 12.1. The zero-order valence-electron chi connectivity index (χ0n) is 12.4. The number of ether oxygens (including phenoxy) is 2. The van der Waals surface area contributed by atoms with E-state index in [0.717, 1.165) is 30.8 Å². The Balaban J connectivity index is 2.15. The molecule has 2 rings (SSSR count). The SMILES string of the molecule is CCNCC(=O)N1CCc2cc(OC)c(OC)cc2C1. The van der Waals surface area contributed by atoms with Crippen LogP contribution in [-0.4, -0.2) is 44.7 Å². The number of nitrogens with zero attached hydrogens (tertiary/aromatic N) is 1. The van der Waals surface area contributed by atoms with E-state index in [4.69, 9.17) is 9.47 Å². The van der Waals surface area contributed by atoms with Crippen LogP contribution in [0.3, 0.4) is 0 Å². The van der Waals surface area contributed by atoms with E-state index in [2.05, 4.69) is 5.32 Å². The fourth-order valence-electron chi connectivity index (χ4n) is 2.44. The summed E-state index contributed by atoms with van der Waals surface area (Å²) in [7, 11) is 3.26. The predicted molar refractivity (Wildman–Crippen MR) is 77.2 cm³/mol. The van der Waals surface area contributed by atoms with Crippen LogP contribution in [0.5, 0.6) is 11.5 Å². The average Bonchev–Trinajstić information content (AvgIpc) is 2.50. The second-order valence-electron chi connectivity index (χ2n) is 4.82. The first-order chi connectivity index (χ1) is 9.69. The smallest absolute Gasteiger partial charge is 0.236 e. The fraction of sp³-hybridized carbons (Fsp3) is 0.533. The van der Waals surface area contributed by atoms with Crippen LogP contribution >= 0.6 is 0 Å². The molecule has 1 heterocycles. The van der Waals surface area contributed by atoms with E-state index in [1.165, 1.54) is 5.56 Å². The third-order valence-corrected chi connectivity index (χ3v) is 3.60. The van der Waals surface area contributed by atoms with E-state index in [9.17, 15) is 4.79 Å². The van der Waals surface area contributed by atoms with E-state index >= 15 is 0 Å². The molecule has 1 aromatic carbocycles. The molecule has 0 aromatic heterocycles. The first-order valence-corrected chi connectivity index (χ1v) is 6.91. The Hall–Kier alpha value is -1.75. The Morgan fingerprint density at radius 1 is 1.25 bits per heavy atom. The van der Waals surface area contributed by atoms with Crippen molar-refractivity contribution in [3.63, 3.8) is 0 Å². The van der Waals surface area contributed by atoms with Gasteiger partial charge in [0.2, 0.25) is 5.91 Å². The predicted octanol–water partition coefficient (Wildman–Crippen LogP) is 1.20. The molecule has 1 N–H and O–H groups in total. The summed E-state index contributed by atoms with van der Waals surface area (Å²) in [4.78, 5) is 13.9. The summed E-state index contributed by atoms with van der Waals surface area (Å²) in [5, 5.41) is 3.07. The molecule has 0 atom stereocenters. The van der Waals surface area contributed by atoms with Gasteiger partial charge in [-0.25, -0.2) is 0 Å². The van der Waals surface area contributed by atoms with E-state index in [1.54, 1.807) is 14.2 Å². The number of rotatable bonds is 5. The highest BCUT2D eigenvalue weighted by Crippen LogP contribution is 2.33. The molecule has 5 heteroatoms. The molecule has 0 bridgehead atoms. The molecule has 5 nitrogen and oxygen atoms in total. The Morgan fingerprint density at radius 3 is 2.50 bits per heavy atom. The lowest BCUT2D eigenvalue weighted by Gasteiger charge is -2.29. The molecule has 0 unspecified atom stereocenters. The molecular weight excluding hydrogens is 256 g/mol. The number of hydrogen-bond acceptors (Lipinski definition) is 4. The molecule has 0 fully saturated rings. The van der Waals surface area contributed by atoms with Gasteiger partial charge in [0.15, 0.2) is 11.5 Å². The quantitative estimate of drug-likeness (QED) is 0.879. The van der Waals surface area contributed by atoms with Crippen molar-refractivity contribution in [3.8, 4) is 11.5 Å². The number of hydrogen-bond donors (Lipinski definition) is 1. The number of nitrogens with one attached hydrogen (secondary N) is 1. The molecule has 0 spiro atoms. The average molecular weight is 278 g/mol. The van der Waals surface area contributed by atoms with Crippen LogP contribution in [0.25, 0.3) is 0 Å². The molecule has 0 aliphatic carbocycles. The number of carbonyl (C=O) groups excluding carboxylic acids is 1. The van der Waals surface area contributed by atoms with Gasteiger partial charge in [-0.2, -0.15) is 0 Å². The van der Waals surface area contributed by atoms with Gasteiger partial charge in [-0.1, -0.05) is 6.92 Å². The summed E-state index contributed by atoms with van der Waals surface area (Å²) in [6.45, 7) is 4.60. The van der Waals surface area contributed by atoms with Crippen molar-refractivity contribution >= 4 is 5.91 Å². The molecule has 1 aromatic rings. The summed E-state index contributed by atoms with van der Waals surface area (Å²) in [5.41, 5.74) is 2.37. The summed E-state index contributed by atoms with van der Waals surface area (Å²) >= 11 is 0. The van der Waals surface area contributed by atoms with Crippen molar-refractivity contribution < 1.29 is 14.3 Å². The normalized spacial score (nSPS) is 13.8. The standard InChI is InChI=1S/C15H22N2O3/c1-4-16-9-15(18)17-6-5-11-7-13(19-2)14(20-3)8-12(11)10-17/h7-8,16H,4-6,9-10H2,1-3H3. The largest absolute Gasteiger partial charge is 0.493 e. The van der Waals surface area contributed by atoms with Gasteiger partial charge < -0.3 is 19.7 Å². The summed E-state index contributed by atoms with van der Waals surface area (Å²) < 4.78 is 10.6. The Morgan fingerprint density at radius 2 is 1.90 bits per heavy atom. The van der Waals surface area contributed by atoms with E-state index < -0.39 is 0 Å². The van der Waals surface area contributed by atoms with Gasteiger partial charge >= 0.3 is 0 Å². The molecule has 0 saturated heterocycles. The highest BCUT2D eigenvalue weighted by molar-refractivity contribution is 5.78. The number of methoxy groups -OCH3 is 2. The monoisotopic (exact) mass is 278 g/mol. The van der Waals surface area contributed by atoms with Gasteiger partial charge in [-0.3, -0.25) is 4.79 Å². The van der Waals surface area contributed by atoms with Gasteiger partial charge in [0.25, 0.3) is 0 Å². The van der Waals surface area contributed by atoms with Gasteiger partial charge in [0.1, 0.15) is 0 Å². The second kappa shape index (κ2) is 6.61. The van der Waals surface area contributed by atoms with Crippen LogP contribution in [0.2, 0.25) is 0 Å². The minimum atomic E-state index is 0.146. The Labute approximate surface area is 119 Å².